The van der Waals surface area contributed by atoms with Crippen LogP contribution in [0, 0.1) is 5.82 Å². The Balaban J connectivity index is 1.82. The molecular formula is C27H38FNO3. The lowest BCUT2D eigenvalue weighted by Crippen LogP contribution is -2.22. The minimum Gasteiger partial charge on any atom is -0.487 e. The number of carbonyl (C=O) groups is 1. The van der Waals surface area contributed by atoms with Crippen molar-refractivity contribution >= 4 is 5.97 Å². The third-order valence-corrected chi connectivity index (χ3v) is 5.41. The maximum Gasteiger partial charge on any atom is 0.306 e. The zero-order valence-corrected chi connectivity index (χ0v) is 19.9. The van der Waals surface area contributed by atoms with Crippen molar-refractivity contribution in [2.75, 3.05) is 6.61 Å². The summed E-state index contributed by atoms with van der Waals surface area (Å²) in [5, 5.41) is 0. The number of pyridine rings is 1. The van der Waals surface area contributed by atoms with Crippen LogP contribution in [0.25, 0.3) is 11.3 Å². The minimum atomic E-state index is -0.454. The third kappa shape index (κ3) is 9.37. The van der Waals surface area contributed by atoms with Crippen molar-refractivity contribution in [3.63, 3.8) is 0 Å². The smallest absolute Gasteiger partial charge is 0.306 e. The van der Waals surface area contributed by atoms with Gasteiger partial charge in [-0.2, -0.15) is 0 Å². The summed E-state index contributed by atoms with van der Waals surface area (Å²) >= 11 is 0. The van der Waals surface area contributed by atoms with Crippen LogP contribution in [0.4, 0.5) is 4.39 Å². The van der Waals surface area contributed by atoms with Gasteiger partial charge in [0.1, 0.15) is 12.7 Å². The lowest BCUT2D eigenvalue weighted by Gasteiger charge is -2.15. The summed E-state index contributed by atoms with van der Waals surface area (Å²) in [4.78, 5) is 16.2. The summed E-state index contributed by atoms with van der Waals surface area (Å²) < 4.78 is 25.3. The van der Waals surface area contributed by atoms with Crippen molar-refractivity contribution in [1.29, 1.82) is 0 Å². The highest BCUT2D eigenvalue weighted by Crippen LogP contribution is 2.25. The molecule has 2 rings (SSSR count). The first-order chi connectivity index (χ1) is 15.5. The second kappa shape index (κ2) is 14.6. The summed E-state index contributed by atoms with van der Waals surface area (Å²) in [5.74, 6) is -0.556. The third-order valence-electron chi connectivity index (χ3n) is 5.41. The molecule has 1 aromatic carbocycles. The summed E-state index contributed by atoms with van der Waals surface area (Å²) in [6, 6.07) is 8.85. The van der Waals surface area contributed by atoms with E-state index < -0.39 is 11.9 Å². The zero-order chi connectivity index (χ0) is 23.2. The fraction of sp³-hybridized carbons (Fsp3) is 0.556. The number of unbranched alkanes of at least 4 members (excludes halogenated alkanes) is 6. The van der Waals surface area contributed by atoms with Crippen molar-refractivity contribution in [1.82, 2.24) is 4.98 Å². The fourth-order valence-corrected chi connectivity index (χ4v) is 3.48. The molecule has 1 aromatic heterocycles. The predicted molar refractivity (Wildman–Crippen MR) is 127 cm³/mol. The largest absolute Gasteiger partial charge is 0.487 e. The Morgan fingerprint density at radius 3 is 2.44 bits per heavy atom. The van der Waals surface area contributed by atoms with Crippen LogP contribution >= 0.6 is 0 Å². The second-order valence-corrected chi connectivity index (χ2v) is 8.43. The Labute approximate surface area is 192 Å². The van der Waals surface area contributed by atoms with E-state index in [9.17, 15) is 9.18 Å². The Bertz CT molecular complexity index is 807. The molecule has 1 heterocycles. The van der Waals surface area contributed by atoms with E-state index in [1.54, 1.807) is 19.1 Å². The van der Waals surface area contributed by atoms with Gasteiger partial charge >= 0.3 is 5.97 Å². The van der Waals surface area contributed by atoms with Gasteiger partial charge in [0.05, 0.1) is 5.69 Å². The van der Waals surface area contributed by atoms with Gasteiger partial charge in [0, 0.05) is 18.2 Å². The first-order valence-corrected chi connectivity index (χ1v) is 12.1. The van der Waals surface area contributed by atoms with Crippen LogP contribution < -0.4 is 4.74 Å². The lowest BCUT2D eigenvalue weighted by molar-refractivity contribution is -0.149. The molecule has 0 N–H and O–H groups in total. The quantitative estimate of drug-likeness (QED) is 0.214. The van der Waals surface area contributed by atoms with Crippen LogP contribution in [0.1, 0.15) is 84.1 Å². The average molecular weight is 444 g/mol. The molecule has 0 saturated heterocycles. The van der Waals surface area contributed by atoms with Crippen molar-refractivity contribution < 1.29 is 18.7 Å². The predicted octanol–water partition coefficient (Wildman–Crippen LogP) is 7.29. The van der Waals surface area contributed by atoms with E-state index in [1.807, 2.05) is 19.2 Å². The van der Waals surface area contributed by atoms with Crippen LogP contribution in [-0.4, -0.2) is 23.7 Å². The van der Waals surface area contributed by atoms with E-state index in [4.69, 9.17) is 9.47 Å². The SMILES string of the molecule is CCCCCCCCc1ccc(-c2ccc(OCC(C)OC(=O)CCCC)c(F)c2)nc1. The Kier molecular flexibility index (Phi) is 11.8. The molecule has 32 heavy (non-hydrogen) atoms. The van der Waals surface area contributed by atoms with Crippen molar-refractivity contribution in [2.24, 2.45) is 0 Å². The number of hydrogen-bond acceptors (Lipinski definition) is 4. The molecule has 2 aromatic rings. The number of aryl methyl sites for hydroxylation is 1. The molecular weight excluding hydrogens is 405 g/mol. The van der Waals surface area contributed by atoms with E-state index in [0.29, 0.717) is 12.0 Å². The topological polar surface area (TPSA) is 48.4 Å². The highest BCUT2D eigenvalue weighted by Gasteiger charge is 2.12. The molecule has 4 nitrogen and oxygen atoms in total. The van der Waals surface area contributed by atoms with Crippen LogP contribution in [0.5, 0.6) is 5.75 Å². The van der Waals surface area contributed by atoms with Gasteiger partial charge in [-0.15, -0.1) is 0 Å². The van der Waals surface area contributed by atoms with E-state index in [2.05, 4.69) is 18.0 Å². The highest BCUT2D eigenvalue weighted by molar-refractivity contribution is 5.69. The molecule has 0 radical (unpaired) electrons. The maximum atomic E-state index is 14.5. The summed E-state index contributed by atoms with van der Waals surface area (Å²) in [6.45, 7) is 6.10. The summed E-state index contributed by atoms with van der Waals surface area (Å²) in [5.41, 5.74) is 2.66. The Hall–Kier alpha value is -2.43. The number of esters is 1. The minimum absolute atomic E-state index is 0.111. The number of benzene rings is 1. The molecule has 5 heteroatoms. The Morgan fingerprint density at radius 2 is 1.75 bits per heavy atom. The molecule has 0 aliphatic carbocycles. The van der Waals surface area contributed by atoms with Crippen molar-refractivity contribution in [3.05, 3.63) is 47.9 Å². The van der Waals surface area contributed by atoms with Crippen molar-refractivity contribution in [2.45, 2.75) is 91.1 Å². The highest BCUT2D eigenvalue weighted by atomic mass is 19.1. The normalized spacial score (nSPS) is 11.9. The second-order valence-electron chi connectivity index (χ2n) is 8.43. The Morgan fingerprint density at radius 1 is 1.00 bits per heavy atom. The number of ether oxygens (including phenoxy) is 2. The maximum absolute atomic E-state index is 14.5. The monoisotopic (exact) mass is 443 g/mol. The molecule has 1 unspecified atom stereocenters. The number of aromatic nitrogens is 1. The molecule has 0 aliphatic rings. The molecule has 176 valence electrons. The molecule has 0 amide bonds. The number of carbonyl (C=O) groups excluding carboxylic acids is 1. The van der Waals surface area contributed by atoms with Gasteiger partial charge in [0.25, 0.3) is 0 Å². The van der Waals surface area contributed by atoms with E-state index in [-0.39, 0.29) is 18.3 Å². The fourth-order valence-electron chi connectivity index (χ4n) is 3.48. The first kappa shape index (κ1) is 25.8. The standard InChI is InChI=1S/C27H38FNO3/c1-4-6-8-9-10-11-12-22-14-16-25(29-19-22)23-15-17-26(24(28)18-23)31-20-21(3)32-27(30)13-7-5-2/h14-19,21H,4-13,20H2,1-3H3. The van der Waals surface area contributed by atoms with Crippen molar-refractivity contribution in [3.8, 4) is 17.0 Å². The van der Waals surface area contributed by atoms with E-state index in [1.165, 1.54) is 50.2 Å². The van der Waals surface area contributed by atoms with Crippen LogP contribution in [0.3, 0.4) is 0 Å². The summed E-state index contributed by atoms with van der Waals surface area (Å²) in [6.07, 6.45) is 12.3. The molecule has 0 spiro atoms. The van der Waals surface area contributed by atoms with Gasteiger partial charge in [0.2, 0.25) is 0 Å². The van der Waals surface area contributed by atoms with Gasteiger partial charge in [-0.3, -0.25) is 9.78 Å². The molecule has 0 fully saturated rings. The van der Waals surface area contributed by atoms with Gasteiger partial charge < -0.3 is 9.47 Å². The lowest BCUT2D eigenvalue weighted by atomic mass is 10.0. The van der Waals surface area contributed by atoms with E-state index >= 15 is 0 Å². The molecule has 0 bridgehead atoms. The van der Waals surface area contributed by atoms with Crippen LogP contribution in [-0.2, 0) is 16.0 Å². The summed E-state index contributed by atoms with van der Waals surface area (Å²) in [7, 11) is 0. The first-order valence-electron chi connectivity index (χ1n) is 12.1. The van der Waals surface area contributed by atoms with Gasteiger partial charge in [-0.25, -0.2) is 4.39 Å². The zero-order valence-electron chi connectivity index (χ0n) is 19.9. The van der Waals surface area contributed by atoms with E-state index in [0.717, 1.165) is 25.0 Å². The van der Waals surface area contributed by atoms with Crippen LogP contribution in [0.15, 0.2) is 36.5 Å². The number of hydrogen-bond donors (Lipinski definition) is 0. The number of halogens is 1. The number of rotatable bonds is 15. The van der Waals surface area contributed by atoms with Gasteiger partial charge in [-0.1, -0.05) is 58.4 Å². The molecule has 0 aliphatic heterocycles. The molecule has 1 atom stereocenters. The van der Waals surface area contributed by atoms with Gasteiger partial charge in [0.15, 0.2) is 11.6 Å². The van der Waals surface area contributed by atoms with Gasteiger partial charge in [-0.05, 0) is 56.0 Å². The number of nitrogens with zero attached hydrogens (tertiary/aromatic N) is 1. The molecule has 0 saturated carbocycles. The average Bonchev–Trinajstić information content (AvgIpc) is 2.79. The van der Waals surface area contributed by atoms with Crippen LogP contribution in [0.2, 0.25) is 0 Å².